The predicted octanol–water partition coefficient (Wildman–Crippen LogP) is 1.66. The largest absolute Gasteiger partial charge is 0.368 e. The van der Waals surface area contributed by atoms with E-state index in [2.05, 4.69) is 49.3 Å². The molecule has 7 heteroatoms. The van der Waals surface area contributed by atoms with Crippen molar-refractivity contribution in [1.29, 1.82) is 0 Å². The third-order valence-corrected chi connectivity index (χ3v) is 4.47. The molecule has 1 aliphatic rings. The number of nitrogens with zero attached hydrogens (tertiary/aromatic N) is 6. The van der Waals surface area contributed by atoms with Gasteiger partial charge in [0.05, 0.1) is 6.61 Å². The van der Waals surface area contributed by atoms with Crippen LogP contribution in [0.2, 0.25) is 0 Å². The smallest absolute Gasteiger partial charge is 0.163 e. The Morgan fingerprint density at radius 3 is 2.91 bits per heavy atom. The van der Waals surface area contributed by atoms with Gasteiger partial charge in [0.25, 0.3) is 0 Å². The lowest BCUT2D eigenvalue weighted by atomic mass is 10.2. The van der Waals surface area contributed by atoms with Crippen molar-refractivity contribution in [3.8, 4) is 0 Å². The van der Waals surface area contributed by atoms with Crippen molar-refractivity contribution < 1.29 is 4.74 Å². The number of hydrogen-bond donors (Lipinski definition) is 0. The first kappa shape index (κ1) is 16.1. The minimum absolute atomic E-state index is 0.0436. The van der Waals surface area contributed by atoms with E-state index < -0.39 is 0 Å². The van der Waals surface area contributed by atoms with E-state index in [-0.39, 0.29) is 6.10 Å². The molecule has 3 rings (SSSR count). The number of aromatic nitrogens is 5. The molecule has 1 aliphatic heterocycles. The first-order chi connectivity index (χ1) is 11.3. The molecule has 2 aromatic heterocycles. The summed E-state index contributed by atoms with van der Waals surface area (Å²) in [6.07, 6.45) is 8.10. The molecule has 126 valence electrons. The molecule has 1 atom stereocenters. The fraction of sp³-hybridized carbons (Fsp3) is 0.688. The van der Waals surface area contributed by atoms with Gasteiger partial charge in [-0.3, -0.25) is 4.90 Å². The Balaban J connectivity index is 1.45. The summed E-state index contributed by atoms with van der Waals surface area (Å²) in [6, 6.07) is 0. The maximum Gasteiger partial charge on any atom is 0.163 e. The maximum absolute atomic E-state index is 5.90. The highest BCUT2D eigenvalue weighted by atomic mass is 16.5. The van der Waals surface area contributed by atoms with Gasteiger partial charge in [-0.2, -0.15) is 0 Å². The van der Waals surface area contributed by atoms with Crippen LogP contribution < -0.4 is 0 Å². The normalized spacial score (nSPS) is 19.3. The Bertz CT molecular complexity index is 607. The van der Waals surface area contributed by atoms with E-state index in [4.69, 9.17) is 4.74 Å². The zero-order valence-electron chi connectivity index (χ0n) is 14.1. The van der Waals surface area contributed by atoms with Gasteiger partial charge in [0, 0.05) is 38.6 Å². The number of morpholine rings is 1. The number of rotatable bonds is 7. The van der Waals surface area contributed by atoms with Crippen LogP contribution in [0.1, 0.15) is 37.5 Å². The summed E-state index contributed by atoms with van der Waals surface area (Å²) in [4.78, 5) is 6.74. The van der Waals surface area contributed by atoms with E-state index in [1.54, 1.807) is 6.33 Å². The van der Waals surface area contributed by atoms with Crippen LogP contribution >= 0.6 is 0 Å². The Morgan fingerprint density at radius 1 is 1.26 bits per heavy atom. The molecular weight excluding hydrogens is 292 g/mol. The zero-order chi connectivity index (χ0) is 16.1. The van der Waals surface area contributed by atoms with Crippen molar-refractivity contribution in [2.45, 2.75) is 45.9 Å². The molecule has 1 saturated heterocycles. The van der Waals surface area contributed by atoms with Gasteiger partial charge in [-0.1, -0.05) is 0 Å². The second-order valence-electron chi connectivity index (χ2n) is 6.01. The molecule has 7 nitrogen and oxygen atoms in total. The summed E-state index contributed by atoms with van der Waals surface area (Å²) in [5, 5.41) is 8.25. The minimum atomic E-state index is 0.0436. The molecule has 0 radical (unpaired) electrons. The number of aryl methyl sites for hydroxylation is 3. The molecule has 0 bridgehead atoms. The van der Waals surface area contributed by atoms with Crippen molar-refractivity contribution in [2.24, 2.45) is 0 Å². The van der Waals surface area contributed by atoms with Crippen LogP contribution in [0.5, 0.6) is 0 Å². The highest BCUT2D eigenvalue weighted by Crippen LogP contribution is 2.20. The molecule has 0 aliphatic carbocycles. The summed E-state index contributed by atoms with van der Waals surface area (Å²) in [5.41, 5.74) is 0. The third-order valence-electron chi connectivity index (χ3n) is 4.47. The Kier molecular flexibility index (Phi) is 5.40. The summed E-state index contributed by atoms with van der Waals surface area (Å²) >= 11 is 0. The first-order valence-corrected chi connectivity index (χ1v) is 8.47. The van der Waals surface area contributed by atoms with Crippen LogP contribution in [0.4, 0.5) is 0 Å². The highest BCUT2D eigenvalue weighted by Gasteiger charge is 2.25. The summed E-state index contributed by atoms with van der Waals surface area (Å²) in [6.45, 7) is 9.86. The Labute approximate surface area is 137 Å². The molecule has 0 aromatic carbocycles. The van der Waals surface area contributed by atoms with Gasteiger partial charge in [-0.05, 0) is 33.2 Å². The molecule has 0 amide bonds. The van der Waals surface area contributed by atoms with E-state index in [1.165, 1.54) is 12.8 Å². The van der Waals surface area contributed by atoms with E-state index in [0.717, 1.165) is 51.0 Å². The summed E-state index contributed by atoms with van der Waals surface area (Å²) in [7, 11) is 0. The van der Waals surface area contributed by atoms with Gasteiger partial charge in [0.1, 0.15) is 18.3 Å². The predicted molar refractivity (Wildman–Crippen MR) is 87.0 cm³/mol. The van der Waals surface area contributed by atoms with Gasteiger partial charge in [-0.15, -0.1) is 10.2 Å². The fourth-order valence-corrected chi connectivity index (χ4v) is 3.08. The highest BCUT2D eigenvalue weighted by molar-refractivity contribution is 4.94. The van der Waals surface area contributed by atoms with Crippen molar-refractivity contribution in [3.63, 3.8) is 0 Å². The van der Waals surface area contributed by atoms with Crippen LogP contribution in [0.25, 0.3) is 0 Å². The second-order valence-corrected chi connectivity index (χ2v) is 6.01. The summed E-state index contributed by atoms with van der Waals surface area (Å²) in [5.74, 6) is 2.04. The van der Waals surface area contributed by atoms with E-state index in [0.29, 0.717) is 0 Å². The molecule has 0 saturated carbocycles. The van der Waals surface area contributed by atoms with E-state index in [1.807, 2.05) is 6.20 Å². The number of unbranched alkanes of at least 4 members (excludes halogenated alkanes) is 1. The quantitative estimate of drug-likeness (QED) is 0.727. The lowest BCUT2D eigenvalue weighted by molar-refractivity contribution is -0.0364. The van der Waals surface area contributed by atoms with Gasteiger partial charge in [-0.25, -0.2) is 4.98 Å². The number of imidazole rings is 1. The number of hydrogen-bond acceptors (Lipinski definition) is 5. The van der Waals surface area contributed by atoms with Crippen LogP contribution in [0, 0.1) is 6.92 Å². The fourth-order valence-electron chi connectivity index (χ4n) is 3.08. The average Bonchev–Trinajstić information content (AvgIpc) is 3.20. The molecule has 0 spiro atoms. The van der Waals surface area contributed by atoms with E-state index >= 15 is 0 Å². The van der Waals surface area contributed by atoms with Crippen molar-refractivity contribution in [1.82, 2.24) is 29.2 Å². The number of ether oxygens (including phenoxy) is 1. The summed E-state index contributed by atoms with van der Waals surface area (Å²) < 4.78 is 10.2. The van der Waals surface area contributed by atoms with Crippen LogP contribution in [-0.2, 0) is 17.8 Å². The van der Waals surface area contributed by atoms with Crippen LogP contribution in [-0.4, -0.2) is 55.5 Å². The molecule has 23 heavy (non-hydrogen) atoms. The zero-order valence-corrected chi connectivity index (χ0v) is 14.1. The van der Waals surface area contributed by atoms with Crippen LogP contribution in [0.3, 0.4) is 0 Å². The lowest BCUT2D eigenvalue weighted by Gasteiger charge is -2.32. The monoisotopic (exact) mass is 318 g/mol. The molecule has 1 fully saturated rings. The van der Waals surface area contributed by atoms with Gasteiger partial charge in [0.2, 0.25) is 0 Å². The Hall–Kier alpha value is -1.73. The topological polar surface area (TPSA) is 61.0 Å². The Morgan fingerprint density at radius 2 is 2.13 bits per heavy atom. The molecule has 1 unspecified atom stereocenters. The SMILES string of the molecule is CCn1cnnc1C1CN(CCCCn2ccnc2C)CCO1. The molecule has 0 N–H and O–H groups in total. The van der Waals surface area contributed by atoms with Crippen molar-refractivity contribution >= 4 is 0 Å². The molecule has 3 heterocycles. The van der Waals surface area contributed by atoms with Crippen molar-refractivity contribution in [3.05, 3.63) is 30.4 Å². The lowest BCUT2D eigenvalue weighted by Crippen LogP contribution is -2.39. The molecule has 2 aromatic rings. The van der Waals surface area contributed by atoms with Gasteiger partial charge >= 0.3 is 0 Å². The molecular formula is C16H26N6O. The van der Waals surface area contributed by atoms with E-state index in [9.17, 15) is 0 Å². The van der Waals surface area contributed by atoms with Gasteiger partial charge in [0.15, 0.2) is 5.82 Å². The van der Waals surface area contributed by atoms with Crippen molar-refractivity contribution in [2.75, 3.05) is 26.2 Å². The first-order valence-electron chi connectivity index (χ1n) is 8.47. The maximum atomic E-state index is 5.90. The average molecular weight is 318 g/mol. The second kappa shape index (κ2) is 7.70. The third kappa shape index (κ3) is 3.97. The van der Waals surface area contributed by atoms with Gasteiger partial charge < -0.3 is 13.9 Å². The standard InChI is InChI=1S/C16H26N6O/c1-3-21-13-18-19-16(21)15-12-20(10-11-23-15)7-4-5-8-22-9-6-17-14(22)2/h6,9,13,15H,3-5,7-8,10-12H2,1-2H3. The minimum Gasteiger partial charge on any atom is -0.368 e. The van der Waals surface area contributed by atoms with Crippen LogP contribution in [0.15, 0.2) is 18.7 Å².